The number of nitrogens with zero attached hydrogens (tertiary/aromatic N) is 4. The summed E-state index contributed by atoms with van der Waals surface area (Å²) in [5.74, 6) is -0.00489. The van der Waals surface area contributed by atoms with Crippen molar-refractivity contribution in [2.75, 3.05) is 6.61 Å². The van der Waals surface area contributed by atoms with Gasteiger partial charge in [-0.1, -0.05) is 12.1 Å². The van der Waals surface area contributed by atoms with Crippen molar-refractivity contribution in [3.05, 3.63) is 41.7 Å². The van der Waals surface area contributed by atoms with E-state index in [4.69, 9.17) is 4.74 Å². The minimum atomic E-state index is -0.164. The Morgan fingerprint density at radius 1 is 1.23 bits per heavy atom. The molecule has 26 heavy (non-hydrogen) atoms. The van der Waals surface area contributed by atoms with E-state index in [-0.39, 0.29) is 35.9 Å². The monoisotopic (exact) mass is 356 g/mol. The topological polar surface area (TPSA) is 111 Å². The minimum Gasteiger partial charge on any atom is -0.376 e. The number of ether oxygens (including phenoxy) is 1. The van der Waals surface area contributed by atoms with Gasteiger partial charge in [0.05, 0.1) is 24.7 Å². The molecule has 2 N–H and O–H groups in total. The van der Waals surface area contributed by atoms with Crippen molar-refractivity contribution in [3.63, 3.8) is 0 Å². The number of benzene rings is 1. The van der Waals surface area contributed by atoms with E-state index in [1.54, 1.807) is 23.1 Å². The molecule has 0 bridgehead atoms. The Bertz CT molecular complexity index is 791. The van der Waals surface area contributed by atoms with Gasteiger partial charge in [0, 0.05) is 25.0 Å². The number of rotatable bonds is 5. The molecule has 9 heteroatoms. The fourth-order valence-electron chi connectivity index (χ4n) is 3.75. The van der Waals surface area contributed by atoms with Gasteiger partial charge in [-0.05, 0) is 34.5 Å². The number of hydrogen-bond acceptors (Lipinski definition) is 6. The van der Waals surface area contributed by atoms with Crippen LogP contribution in [-0.2, 0) is 16.1 Å². The van der Waals surface area contributed by atoms with Crippen molar-refractivity contribution in [3.8, 4) is 0 Å². The maximum atomic E-state index is 12.6. The average molecular weight is 356 g/mol. The molecule has 2 fully saturated rings. The molecule has 2 aromatic rings. The van der Waals surface area contributed by atoms with Gasteiger partial charge < -0.3 is 15.4 Å². The van der Waals surface area contributed by atoms with E-state index in [9.17, 15) is 9.59 Å². The van der Waals surface area contributed by atoms with Crippen LogP contribution in [0.3, 0.4) is 0 Å². The number of hydrogen-bond donors (Lipinski definition) is 2. The zero-order valence-electron chi connectivity index (χ0n) is 14.3. The number of carbonyl (C=O) groups is 2. The van der Waals surface area contributed by atoms with Crippen molar-refractivity contribution >= 4 is 11.8 Å². The molecule has 1 aromatic heterocycles. The summed E-state index contributed by atoms with van der Waals surface area (Å²) in [7, 11) is 0. The third kappa shape index (κ3) is 3.17. The van der Waals surface area contributed by atoms with Crippen molar-refractivity contribution in [1.29, 1.82) is 0 Å². The van der Waals surface area contributed by atoms with E-state index in [2.05, 4.69) is 26.2 Å². The maximum Gasteiger partial charge on any atom is 0.251 e. The third-order valence-electron chi connectivity index (χ3n) is 5.01. The lowest BCUT2D eigenvalue weighted by Crippen LogP contribution is -2.70. The maximum absolute atomic E-state index is 12.6. The predicted molar refractivity (Wildman–Crippen MR) is 90.1 cm³/mol. The number of tetrazole rings is 1. The SMILES string of the molecule is CC(=O)N[C@@H]1[C@@H](NC(=O)c2ccc(Cn3cnnn3)cc2)[C@H]2CCO[C@H]21. The van der Waals surface area contributed by atoms with Crippen molar-refractivity contribution in [2.24, 2.45) is 5.92 Å². The molecule has 0 radical (unpaired) electrons. The van der Waals surface area contributed by atoms with Gasteiger partial charge in [-0.15, -0.1) is 5.10 Å². The van der Waals surface area contributed by atoms with E-state index in [0.717, 1.165) is 12.0 Å². The zero-order chi connectivity index (χ0) is 18.1. The first-order chi connectivity index (χ1) is 12.6. The number of nitrogens with one attached hydrogen (secondary N) is 2. The van der Waals surface area contributed by atoms with Gasteiger partial charge in [0.2, 0.25) is 5.91 Å². The van der Waals surface area contributed by atoms with Crippen LogP contribution < -0.4 is 10.6 Å². The van der Waals surface area contributed by atoms with Crippen LogP contribution in [0.25, 0.3) is 0 Å². The average Bonchev–Trinajstić information content (AvgIpc) is 3.28. The summed E-state index contributed by atoms with van der Waals surface area (Å²) in [5.41, 5.74) is 1.58. The third-order valence-corrected chi connectivity index (χ3v) is 5.01. The largest absolute Gasteiger partial charge is 0.376 e. The summed E-state index contributed by atoms with van der Waals surface area (Å²) in [6, 6.07) is 7.06. The molecule has 1 aliphatic heterocycles. The van der Waals surface area contributed by atoms with Crippen LogP contribution >= 0.6 is 0 Å². The van der Waals surface area contributed by atoms with Crippen LogP contribution in [0.2, 0.25) is 0 Å². The fourth-order valence-corrected chi connectivity index (χ4v) is 3.75. The Labute approximate surface area is 150 Å². The lowest BCUT2D eigenvalue weighted by atomic mass is 9.71. The van der Waals surface area contributed by atoms with E-state index in [1.807, 2.05) is 12.1 Å². The standard InChI is InChI=1S/C17H20N6O3/c1-10(24)19-15-14(13-6-7-26-16(13)15)20-17(25)12-4-2-11(3-5-12)8-23-9-18-21-22-23/h2-5,9,13-16H,6-8H2,1H3,(H,19,24)(H,20,25)/t13-,14+,15-,16-/m1/s1. The molecular formula is C17H20N6O3. The summed E-state index contributed by atoms with van der Waals surface area (Å²) in [6.45, 7) is 2.69. The van der Waals surface area contributed by atoms with Crippen molar-refractivity contribution < 1.29 is 14.3 Å². The Kier molecular flexibility index (Phi) is 4.37. The first-order valence-electron chi connectivity index (χ1n) is 8.61. The first kappa shape index (κ1) is 16.6. The van der Waals surface area contributed by atoms with Crippen LogP contribution in [0.5, 0.6) is 0 Å². The summed E-state index contributed by atoms with van der Waals surface area (Å²) in [5, 5.41) is 17.0. The number of aromatic nitrogens is 4. The molecule has 0 spiro atoms. The molecule has 1 aromatic carbocycles. The highest BCUT2D eigenvalue weighted by Gasteiger charge is 2.54. The van der Waals surface area contributed by atoms with Gasteiger partial charge in [0.25, 0.3) is 5.91 Å². The minimum absolute atomic E-state index is 0.00265. The Balaban J connectivity index is 1.40. The lowest BCUT2D eigenvalue weighted by molar-refractivity contribution is -0.123. The van der Waals surface area contributed by atoms with Crippen LogP contribution in [0.4, 0.5) is 0 Å². The Morgan fingerprint density at radius 3 is 2.73 bits per heavy atom. The highest BCUT2D eigenvalue weighted by molar-refractivity contribution is 5.94. The number of fused-ring (bicyclic) bond motifs is 1. The van der Waals surface area contributed by atoms with Gasteiger partial charge in [-0.25, -0.2) is 4.68 Å². The molecule has 1 saturated heterocycles. The van der Waals surface area contributed by atoms with Gasteiger partial charge >= 0.3 is 0 Å². The molecule has 2 heterocycles. The molecule has 2 aliphatic rings. The smallest absolute Gasteiger partial charge is 0.251 e. The van der Waals surface area contributed by atoms with Gasteiger partial charge in [-0.3, -0.25) is 9.59 Å². The Morgan fingerprint density at radius 2 is 2.04 bits per heavy atom. The van der Waals surface area contributed by atoms with Gasteiger partial charge in [0.15, 0.2) is 0 Å². The molecule has 1 saturated carbocycles. The summed E-state index contributed by atoms with van der Waals surface area (Å²) < 4.78 is 7.28. The Hall–Kier alpha value is -2.81. The van der Waals surface area contributed by atoms with Crippen LogP contribution in [-0.4, -0.2) is 56.8 Å². The quantitative estimate of drug-likeness (QED) is 0.764. The van der Waals surface area contributed by atoms with Crippen molar-refractivity contribution in [1.82, 2.24) is 30.8 Å². The van der Waals surface area contributed by atoms with Gasteiger partial charge in [-0.2, -0.15) is 0 Å². The van der Waals surface area contributed by atoms with Gasteiger partial charge in [0.1, 0.15) is 6.33 Å². The lowest BCUT2D eigenvalue weighted by Gasteiger charge is -2.47. The van der Waals surface area contributed by atoms with E-state index in [0.29, 0.717) is 18.7 Å². The zero-order valence-corrected chi connectivity index (χ0v) is 14.3. The highest BCUT2D eigenvalue weighted by Crippen LogP contribution is 2.39. The normalized spacial score (nSPS) is 26.7. The molecule has 136 valence electrons. The molecule has 0 unspecified atom stereocenters. The summed E-state index contributed by atoms with van der Waals surface area (Å²) >= 11 is 0. The second kappa shape index (κ2) is 6.83. The highest BCUT2D eigenvalue weighted by atomic mass is 16.5. The predicted octanol–water partition coefficient (Wildman–Crippen LogP) is -0.257. The summed E-state index contributed by atoms with van der Waals surface area (Å²) in [4.78, 5) is 24.0. The molecule has 9 nitrogen and oxygen atoms in total. The molecule has 4 rings (SSSR count). The second-order valence-corrected chi connectivity index (χ2v) is 6.72. The van der Waals surface area contributed by atoms with Crippen LogP contribution in [0.1, 0.15) is 29.3 Å². The number of carbonyl (C=O) groups excluding carboxylic acids is 2. The van der Waals surface area contributed by atoms with Crippen LogP contribution in [0.15, 0.2) is 30.6 Å². The molecule has 1 aliphatic carbocycles. The van der Waals surface area contributed by atoms with Crippen LogP contribution in [0, 0.1) is 5.92 Å². The van der Waals surface area contributed by atoms with E-state index < -0.39 is 0 Å². The van der Waals surface area contributed by atoms with Crippen molar-refractivity contribution in [2.45, 2.75) is 38.1 Å². The fraction of sp³-hybridized carbons (Fsp3) is 0.471. The molecular weight excluding hydrogens is 336 g/mol. The number of amides is 2. The molecule has 2 amide bonds. The van der Waals surface area contributed by atoms with E-state index >= 15 is 0 Å². The van der Waals surface area contributed by atoms with E-state index in [1.165, 1.54) is 6.92 Å². The summed E-state index contributed by atoms with van der Waals surface area (Å²) in [6.07, 6.45) is 2.44. The second-order valence-electron chi connectivity index (χ2n) is 6.72. The first-order valence-corrected chi connectivity index (χ1v) is 8.61. The molecule has 4 atom stereocenters.